The summed E-state index contributed by atoms with van der Waals surface area (Å²) in [4.78, 5) is 3.90. The Morgan fingerprint density at radius 3 is 2.56 bits per heavy atom. The molecule has 0 bridgehead atoms. The van der Waals surface area contributed by atoms with E-state index in [-0.39, 0.29) is 10.4 Å². The molecule has 3 N–H and O–H groups in total. The van der Waals surface area contributed by atoms with Crippen LogP contribution >= 0.6 is 0 Å². The molecule has 0 aromatic carbocycles. The molecule has 0 atom stereocenters. The third-order valence-electron chi connectivity index (χ3n) is 2.28. The monoisotopic (exact) mass is 272 g/mol. The molecule has 0 aliphatic rings. The highest BCUT2D eigenvalue weighted by Gasteiger charge is 2.28. The van der Waals surface area contributed by atoms with Crippen LogP contribution in [-0.2, 0) is 10.0 Å². The van der Waals surface area contributed by atoms with Crippen molar-refractivity contribution in [1.82, 2.24) is 9.29 Å². The minimum atomic E-state index is -3.64. The van der Waals surface area contributed by atoms with Crippen molar-refractivity contribution in [3.8, 4) is 0 Å². The van der Waals surface area contributed by atoms with Crippen molar-refractivity contribution < 1.29 is 8.42 Å². The van der Waals surface area contributed by atoms with Crippen molar-refractivity contribution in [2.75, 3.05) is 19.0 Å². The van der Waals surface area contributed by atoms with Crippen molar-refractivity contribution >= 4 is 15.7 Å². The number of pyridine rings is 1. The van der Waals surface area contributed by atoms with Gasteiger partial charge < -0.3 is 5.43 Å². The quantitative estimate of drug-likeness (QED) is 0.631. The Labute approximate surface area is 108 Å². The number of anilines is 1. The van der Waals surface area contributed by atoms with Crippen molar-refractivity contribution in [3.63, 3.8) is 0 Å². The molecule has 7 heteroatoms. The molecule has 1 heterocycles. The summed E-state index contributed by atoms with van der Waals surface area (Å²) in [6.07, 6.45) is 1.43. The molecule has 1 aromatic rings. The summed E-state index contributed by atoms with van der Waals surface area (Å²) in [5.41, 5.74) is 2.51. The molecular weight excluding hydrogens is 252 g/mol. The fraction of sp³-hybridized carbons (Fsp3) is 0.545. The zero-order valence-corrected chi connectivity index (χ0v) is 12.0. The van der Waals surface area contributed by atoms with E-state index in [9.17, 15) is 8.42 Å². The maximum absolute atomic E-state index is 12.4. The molecule has 102 valence electrons. The van der Waals surface area contributed by atoms with Gasteiger partial charge in [-0.15, -0.1) is 0 Å². The number of nitrogens with zero attached hydrogens (tertiary/aromatic N) is 2. The average molecular weight is 272 g/mol. The van der Waals surface area contributed by atoms with E-state index in [0.29, 0.717) is 12.2 Å². The molecule has 0 spiro atoms. The molecule has 18 heavy (non-hydrogen) atoms. The van der Waals surface area contributed by atoms with Crippen molar-refractivity contribution in [1.29, 1.82) is 0 Å². The van der Waals surface area contributed by atoms with Gasteiger partial charge in [-0.3, -0.25) is 5.84 Å². The molecule has 0 radical (unpaired) electrons. The molecule has 0 aliphatic heterocycles. The summed E-state index contributed by atoms with van der Waals surface area (Å²) in [5.74, 6) is 5.30. The van der Waals surface area contributed by atoms with E-state index in [1.54, 1.807) is 12.1 Å². The highest BCUT2D eigenvalue weighted by Crippen LogP contribution is 2.23. The molecule has 0 unspecified atom stereocenters. The van der Waals surface area contributed by atoms with E-state index in [1.165, 1.54) is 17.5 Å². The Morgan fingerprint density at radius 1 is 1.44 bits per heavy atom. The third kappa shape index (κ3) is 3.41. The number of aromatic nitrogens is 1. The van der Waals surface area contributed by atoms with Crippen molar-refractivity contribution in [2.24, 2.45) is 11.3 Å². The van der Waals surface area contributed by atoms with Gasteiger partial charge in [0.2, 0.25) is 0 Å². The van der Waals surface area contributed by atoms with Crippen LogP contribution in [0.25, 0.3) is 0 Å². The van der Waals surface area contributed by atoms with Crippen molar-refractivity contribution in [3.05, 3.63) is 18.3 Å². The topological polar surface area (TPSA) is 88.3 Å². The molecule has 0 saturated heterocycles. The van der Waals surface area contributed by atoms with Gasteiger partial charge in [0.25, 0.3) is 10.0 Å². The molecule has 6 nitrogen and oxygen atoms in total. The number of sulfonamides is 1. The summed E-state index contributed by atoms with van der Waals surface area (Å²) >= 11 is 0. The number of nitrogens with two attached hydrogens (primary N) is 1. The highest BCUT2D eigenvalue weighted by molar-refractivity contribution is 7.89. The maximum atomic E-state index is 12.4. The fourth-order valence-corrected chi connectivity index (χ4v) is 3.06. The predicted molar refractivity (Wildman–Crippen MR) is 71.3 cm³/mol. The Morgan fingerprint density at radius 2 is 2.06 bits per heavy atom. The van der Waals surface area contributed by atoms with Gasteiger partial charge in [-0.1, -0.05) is 20.8 Å². The first-order valence-corrected chi connectivity index (χ1v) is 7.00. The van der Waals surface area contributed by atoms with Crippen LogP contribution in [0.15, 0.2) is 23.4 Å². The van der Waals surface area contributed by atoms with Gasteiger partial charge in [-0.2, -0.15) is 4.31 Å². The minimum absolute atomic E-state index is 0.0562. The minimum Gasteiger partial charge on any atom is -0.321 e. The van der Waals surface area contributed by atoms with Crippen LogP contribution in [0.2, 0.25) is 0 Å². The van der Waals surface area contributed by atoms with Gasteiger partial charge in [-0.25, -0.2) is 13.4 Å². The molecule has 0 aliphatic carbocycles. The van der Waals surface area contributed by atoms with Gasteiger partial charge in [0.1, 0.15) is 0 Å². The van der Waals surface area contributed by atoms with Crippen molar-refractivity contribution in [2.45, 2.75) is 25.8 Å². The molecule has 0 fully saturated rings. The van der Waals surface area contributed by atoms with Gasteiger partial charge in [-0.05, 0) is 17.5 Å². The van der Waals surface area contributed by atoms with E-state index in [1.807, 2.05) is 20.8 Å². The first-order valence-electron chi connectivity index (χ1n) is 5.56. The normalized spacial score (nSPS) is 12.8. The standard InChI is InChI=1S/C11H20N4O2S/c1-11(2,3)8-15(4)18(16,17)10-9(14-12)6-5-7-13-10/h5-7,14H,8,12H2,1-4H3. The zero-order valence-electron chi connectivity index (χ0n) is 11.1. The summed E-state index contributed by atoms with van der Waals surface area (Å²) < 4.78 is 26.0. The lowest BCUT2D eigenvalue weighted by Crippen LogP contribution is -2.35. The molecule has 1 rings (SSSR count). The van der Waals surface area contributed by atoms with Crippen LogP contribution in [-0.4, -0.2) is 31.3 Å². The number of nitrogen functional groups attached to an aromatic ring is 1. The Balaban J connectivity index is 3.14. The summed E-state index contributed by atoms with van der Waals surface area (Å²) in [6.45, 7) is 6.31. The van der Waals surface area contributed by atoms with Crippen LogP contribution in [0.3, 0.4) is 0 Å². The number of hydrogen-bond donors (Lipinski definition) is 2. The largest absolute Gasteiger partial charge is 0.321 e. The van der Waals surface area contributed by atoms with Crippen LogP contribution in [0.5, 0.6) is 0 Å². The second kappa shape index (κ2) is 5.21. The van der Waals surface area contributed by atoms with E-state index < -0.39 is 10.0 Å². The maximum Gasteiger partial charge on any atom is 0.262 e. The Bertz CT molecular complexity index is 508. The zero-order chi connectivity index (χ0) is 14.0. The van der Waals surface area contributed by atoms with E-state index in [0.717, 1.165) is 0 Å². The Hall–Kier alpha value is -1.18. The lowest BCUT2D eigenvalue weighted by atomic mass is 9.97. The SMILES string of the molecule is CN(CC(C)(C)C)S(=O)(=O)c1ncccc1NN. The van der Waals surface area contributed by atoms with Gasteiger partial charge in [0, 0.05) is 19.8 Å². The second-order valence-electron chi connectivity index (χ2n) is 5.32. The Kier molecular flexibility index (Phi) is 4.31. The van der Waals surface area contributed by atoms with E-state index in [2.05, 4.69) is 10.4 Å². The fourth-order valence-electron chi connectivity index (χ4n) is 1.61. The number of nitrogens with one attached hydrogen (secondary N) is 1. The molecule has 0 amide bonds. The summed E-state index contributed by atoms with van der Waals surface area (Å²) in [6, 6.07) is 3.20. The van der Waals surface area contributed by atoms with Crippen LogP contribution in [0.1, 0.15) is 20.8 Å². The first kappa shape index (κ1) is 14.9. The average Bonchev–Trinajstić information content (AvgIpc) is 2.26. The summed E-state index contributed by atoms with van der Waals surface area (Å²) in [5, 5.41) is -0.0562. The number of hydrogen-bond acceptors (Lipinski definition) is 5. The van der Waals surface area contributed by atoms with E-state index in [4.69, 9.17) is 5.84 Å². The molecular formula is C11H20N4O2S. The lowest BCUT2D eigenvalue weighted by molar-refractivity contribution is 0.310. The third-order valence-corrected chi connectivity index (χ3v) is 4.04. The smallest absolute Gasteiger partial charge is 0.262 e. The second-order valence-corrected chi connectivity index (χ2v) is 7.28. The highest BCUT2D eigenvalue weighted by atomic mass is 32.2. The number of rotatable bonds is 4. The van der Waals surface area contributed by atoms with Gasteiger partial charge in [0.05, 0.1) is 5.69 Å². The van der Waals surface area contributed by atoms with E-state index >= 15 is 0 Å². The van der Waals surface area contributed by atoms with Crippen LogP contribution < -0.4 is 11.3 Å². The van der Waals surface area contributed by atoms with Crippen LogP contribution in [0, 0.1) is 5.41 Å². The van der Waals surface area contributed by atoms with Gasteiger partial charge in [0.15, 0.2) is 5.03 Å². The predicted octanol–water partition coefficient (Wildman–Crippen LogP) is 1.03. The molecule has 1 aromatic heterocycles. The molecule has 0 saturated carbocycles. The number of hydrazine groups is 1. The van der Waals surface area contributed by atoms with Crippen LogP contribution in [0.4, 0.5) is 5.69 Å². The first-order chi connectivity index (χ1) is 8.18. The lowest BCUT2D eigenvalue weighted by Gasteiger charge is -2.26. The van der Waals surface area contributed by atoms with Gasteiger partial charge >= 0.3 is 0 Å². The summed E-state index contributed by atoms with van der Waals surface area (Å²) in [7, 11) is -2.10.